The van der Waals surface area contributed by atoms with E-state index in [0.717, 1.165) is 41.0 Å². The van der Waals surface area contributed by atoms with E-state index in [1.54, 1.807) is 25.3 Å². The molecule has 3 atom stereocenters. The van der Waals surface area contributed by atoms with Crippen molar-refractivity contribution >= 4 is 29.4 Å². The van der Waals surface area contributed by atoms with Crippen LogP contribution in [0.5, 0.6) is 5.75 Å². The number of benzene rings is 1. The topological polar surface area (TPSA) is 71.4 Å². The van der Waals surface area contributed by atoms with Gasteiger partial charge in [-0.05, 0) is 37.0 Å². The van der Waals surface area contributed by atoms with Gasteiger partial charge in [0, 0.05) is 16.6 Å². The number of hydrogen-bond acceptors (Lipinski definition) is 4. The fourth-order valence-electron chi connectivity index (χ4n) is 4.17. The second kappa shape index (κ2) is 8.49. The van der Waals surface area contributed by atoms with Gasteiger partial charge in [0.1, 0.15) is 12.3 Å². The van der Waals surface area contributed by atoms with Gasteiger partial charge in [0.05, 0.1) is 14.2 Å². The lowest BCUT2D eigenvalue weighted by Gasteiger charge is -2.34. The van der Waals surface area contributed by atoms with Gasteiger partial charge in [-0.1, -0.05) is 31.4 Å². The Morgan fingerprint density at radius 3 is 2.57 bits per heavy atom. The Labute approximate surface area is 170 Å². The van der Waals surface area contributed by atoms with E-state index in [2.05, 4.69) is 0 Å². The van der Waals surface area contributed by atoms with Gasteiger partial charge >= 0.3 is 17.8 Å². The van der Waals surface area contributed by atoms with Gasteiger partial charge in [-0.15, -0.1) is 0 Å². The van der Waals surface area contributed by atoms with Crippen LogP contribution in [0.3, 0.4) is 0 Å². The zero-order valence-corrected chi connectivity index (χ0v) is 17.3. The summed E-state index contributed by atoms with van der Waals surface area (Å²) in [6.07, 6.45) is 3.80. The van der Waals surface area contributed by atoms with Crippen molar-refractivity contribution in [2.75, 3.05) is 20.8 Å². The fraction of sp³-hybridized carbons (Fsp3) is 0.550. The smallest absolute Gasteiger partial charge is 0.338 e. The summed E-state index contributed by atoms with van der Waals surface area (Å²) >= 11 is 6.08. The Morgan fingerprint density at radius 2 is 1.89 bits per heavy atom. The average Bonchev–Trinajstić information content (AvgIpc) is 2.86. The molecule has 2 fully saturated rings. The molecule has 0 bridgehead atoms. The Hall–Kier alpha value is -2.12. The zero-order valence-electron chi connectivity index (χ0n) is 16.5. The minimum atomic E-state index is -0.736. The van der Waals surface area contributed by atoms with Gasteiger partial charge in [0.25, 0.3) is 0 Å². The summed E-state index contributed by atoms with van der Waals surface area (Å²) in [6.45, 7) is 2.64. The third-order valence-electron chi connectivity index (χ3n) is 5.64. The standard InChI is InChI=1S/C20H26ClN3O4/c1-13-6-4-5-7-16(13)24-19(26)18(25)23(20(24)27)12-22(2)11-14-10-15(21)8-9-17(14)28-3/h8-10,13,16H,4-7,11-12H2,1-3H3/p+1/t13-,16-/m0/s1. The van der Waals surface area contributed by atoms with Crippen molar-refractivity contribution in [3.8, 4) is 5.75 Å². The van der Waals surface area contributed by atoms with Crippen molar-refractivity contribution in [3.63, 3.8) is 0 Å². The number of urea groups is 1. The highest BCUT2D eigenvalue weighted by Crippen LogP contribution is 2.31. The van der Waals surface area contributed by atoms with Crippen LogP contribution in [-0.4, -0.2) is 54.5 Å². The molecule has 8 heteroatoms. The molecule has 1 aliphatic heterocycles. The summed E-state index contributed by atoms with van der Waals surface area (Å²) in [5, 5.41) is 0.588. The Kier molecular flexibility index (Phi) is 6.25. The van der Waals surface area contributed by atoms with Crippen LogP contribution < -0.4 is 9.64 Å². The fourth-order valence-corrected chi connectivity index (χ4v) is 4.37. The van der Waals surface area contributed by atoms with Crippen LogP contribution in [-0.2, 0) is 16.1 Å². The SMILES string of the molecule is COc1ccc(Cl)cc1C[NH+](C)CN1C(=O)C(=O)N([C@H]2CCCC[C@@H]2C)C1=O. The number of carbonyl (C=O) groups is 3. The monoisotopic (exact) mass is 408 g/mol. The van der Waals surface area contributed by atoms with Crippen molar-refractivity contribution in [3.05, 3.63) is 28.8 Å². The van der Waals surface area contributed by atoms with Gasteiger partial charge < -0.3 is 9.64 Å². The van der Waals surface area contributed by atoms with Crippen LogP contribution in [0, 0.1) is 5.92 Å². The number of hydrogen-bond donors (Lipinski definition) is 1. The average molecular weight is 409 g/mol. The summed E-state index contributed by atoms with van der Waals surface area (Å²) in [5.41, 5.74) is 0.871. The number of ether oxygens (including phenoxy) is 1. The second-order valence-corrected chi connectivity index (χ2v) is 8.20. The number of rotatable bonds is 6. The molecule has 28 heavy (non-hydrogen) atoms. The highest BCUT2D eigenvalue weighted by Gasteiger charge is 2.50. The molecule has 0 aromatic heterocycles. The van der Waals surface area contributed by atoms with Gasteiger partial charge in [0.2, 0.25) is 0 Å². The maximum atomic E-state index is 12.9. The number of nitrogens with zero attached hydrogens (tertiary/aromatic N) is 2. The van der Waals surface area contributed by atoms with E-state index in [1.165, 1.54) is 4.90 Å². The quantitative estimate of drug-likeness (QED) is 0.574. The van der Waals surface area contributed by atoms with Crippen molar-refractivity contribution in [1.29, 1.82) is 0 Å². The molecule has 4 amide bonds. The Balaban J connectivity index is 1.71. The second-order valence-electron chi connectivity index (χ2n) is 7.77. The normalized spacial score (nSPS) is 24.1. The third-order valence-corrected chi connectivity index (χ3v) is 5.88. The van der Waals surface area contributed by atoms with Crippen LogP contribution in [0.1, 0.15) is 38.2 Å². The molecule has 1 saturated carbocycles. The van der Waals surface area contributed by atoms with Gasteiger partial charge in [0.15, 0.2) is 6.67 Å². The summed E-state index contributed by atoms with van der Waals surface area (Å²) in [4.78, 5) is 41.0. The minimum Gasteiger partial charge on any atom is -0.496 e. The predicted octanol–water partition coefficient (Wildman–Crippen LogP) is 1.69. The molecule has 1 aliphatic carbocycles. The van der Waals surface area contributed by atoms with E-state index < -0.39 is 17.8 Å². The van der Waals surface area contributed by atoms with Gasteiger partial charge in [-0.3, -0.25) is 14.5 Å². The maximum Gasteiger partial charge on any atom is 0.338 e. The molecule has 1 N–H and O–H groups in total. The molecule has 1 saturated heterocycles. The molecular weight excluding hydrogens is 382 g/mol. The number of amides is 4. The number of methoxy groups -OCH3 is 1. The molecule has 3 rings (SSSR count). The van der Waals surface area contributed by atoms with E-state index in [-0.39, 0.29) is 18.6 Å². The molecule has 1 aromatic carbocycles. The first-order chi connectivity index (χ1) is 13.3. The molecular formula is C20H27ClN3O4+. The number of nitrogens with one attached hydrogen (secondary N) is 1. The van der Waals surface area contributed by atoms with E-state index in [4.69, 9.17) is 16.3 Å². The van der Waals surface area contributed by atoms with Crippen molar-refractivity contribution in [2.24, 2.45) is 5.92 Å². The van der Waals surface area contributed by atoms with E-state index in [0.29, 0.717) is 17.3 Å². The zero-order chi connectivity index (χ0) is 20.4. The van der Waals surface area contributed by atoms with Gasteiger partial charge in [-0.2, -0.15) is 0 Å². The lowest BCUT2D eigenvalue weighted by Crippen LogP contribution is -3.09. The predicted molar refractivity (Wildman–Crippen MR) is 104 cm³/mol. The van der Waals surface area contributed by atoms with Crippen LogP contribution >= 0.6 is 11.6 Å². The molecule has 0 spiro atoms. The van der Waals surface area contributed by atoms with E-state index in [1.807, 2.05) is 14.0 Å². The maximum absolute atomic E-state index is 12.9. The van der Waals surface area contributed by atoms with Crippen molar-refractivity contribution in [2.45, 2.75) is 45.2 Å². The molecule has 0 radical (unpaired) electrons. The van der Waals surface area contributed by atoms with Crippen molar-refractivity contribution in [1.82, 2.24) is 9.80 Å². The lowest BCUT2D eigenvalue weighted by atomic mass is 9.85. The molecule has 7 nitrogen and oxygen atoms in total. The highest BCUT2D eigenvalue weighted by molar-refractivity contribution is 6.44. The van der Waals surface area contributed by atoms with Crippen LogP contribution in [0.4, 0.5) is 4.79 Å². The summed E-state index contributed by atoms with van der Waals surface area (Å²) in [7, 11) is 3.44. The molecule has 1 aromatic rings. The van der Waals surface area contributed by atoms with Crippen LogP contribution in [0.15, 0.2) is 18.2 Å². The number of quaternary nitrogens is 1. The molecule has 2 aliphatic rings. The minimum absolute atomic E-state index is 0.108. The summed E-state index contributed by atoms with van der Waals surface area (Å²) in [5.74, 6) is -0.524. The van der Waals surface area contributed by atoms with Gasteiger partial charge in [-0.25, -0.2) is 9.69 Å². The highest BCUT2D eigenvalue weighted by atomic mass is 35.5. The van der Waals surface area contributed by atoms with Crippen molar-refractivity contribution < 1.29 is 24.0 Å². The largest absolute Gasteiger partial charge is 0.496 e. The number of halogens is 1. The molecule has 152 valence electrons. The molecule has 1 heterocycles. The molecule has 1 unspecified atom stereocenters. The first-order valence-electron chi connectivity index (χ1n) is 9.66. The summed E-state index contributed by atoms with van der Waals surface area (Å²) in [6, 6.07) is 4.65. The third kappa shape index (κ3) is 4.00. The Morgan fingerprint density at radius 1 is 1.18 bits per heavy atom. The lowest BCUT2D eigenvalue weighted by molar-refractivity contribution is -0.901. The number of carbonyl (C=O) groups excluding carboxylic acids is 3. The van der Waals surface area contributed by atoms with Crippen LogP contribution in [0.2, 0.25) is 5.02 Å². The van der Waals surface area contributed by atoms with E-state index >= 15 is 0 Å². The summed E-state index contributed by atoms with van der Waals surface area (Å²) < 4.78 is 5.36. The van der Waals surface area contributed by atoms with E-state index in [9.17, 15) is 14.4 Å². The Bertz CT molecular complexity index is 785. The number of imide groups is 2. The first kappa shape index (κ1) is 20.6. The first-order valence-corrected chi connectivity index (χ1v) is 10.0. The van der Waals surface area contributed by atoms with Crippen LogP contribution in [0.25, 0.3) is 0 Å².